The predicted octanol–water partition coefficient (Wildman–Crippen LogP) is 1.58. The Morgan fingerprint density at radius 2 is 2.18 bits per heavy atom. The van der Waals surface area contributed by atoms with Crippen LogP contribution in [0.1, 0.15) is 10.4 Å². The lowest BCUT2D eigenvalue weighted by Crippen LogP contribution is -1.98. The van der Waals surface area contributed by atoms with Gasteiger partial charge in [0.15, 0.2) is 0 Å². The number of hydrogen-bond acceptors (Lipinski definition) is 2. The third kappa shape index (κ3) is 1.71. The zero-order chi connectivity index (χ0) is 8.43. The van der Waals surface area contributed by atoms with Crippen molar-refractivity contribution in [2.75, 3.05) is 0 Å². The molecule has 0 saturated carbocycles. The standard InChI is InChI=1S/C7H5BrNO2/c8-4-1-2-5(7(9)11)6(10)3-4/h1-3,9-10H. The molecule has 1 radical (unpaired) electrons. The Balaban J connectivity index is 3.20. The summed E-state index contributed by atoms with van der Waals surface area (Å²) in [6, 6.07) is 4.37. The molecule has 0 aliphatic heterocycles. The normalized spacial score (nSPS) is 9.55. The molecule has 0 saturated heterocycles. The number of hydrogen-bond donors (Lipinski definition) is 1. The Morgan fingerprint density at radius 1 is 1.55 bits per heavy atom. The molecule has 0 spiro atoms. The summed E-state index contributed by atoms with van der Waals surface area (Å²) in [5.41, 5.74) is 6.74. The zero-order valence-corrected chi connectivity index (χ0v) is 7.05. The quantitative estimate of drug-likeness (QED) is 0.772. The Bertz CT molecular complexity index is 298. The number of nitrogens with one attached hydrogen (secondary N) is 1. The summed E-state index contributed by atoms with van der Waals surface area (Å²) < 4.78 is 0.681. The van der Waals surface area contributed by atoms with Gasteiger partial charge in [-0.05, 0) is 18.2 Å². The Labute approximate surface area is 72.0 Å². The van der Waals surface area contributed by atoms with Gasteiger partial charge in [0.25, 0.3) is 5.91 Å². The summed E-state index contributed by atoms with van der Waals surface area (Å²) in [7, 11) is 0. The molecule has 0 aromatic heterocycles. The lowest BCUT2D eigenvalue weighted by Gasteiger charge is -1.98. The van der Waals surface area contributed by atoms with Crippen LogP contribution in [0.4, 0.5) is 0 Å². The molecular formula is C7H5BrNO2. The molecule has 1 aromatic carbocycles. The lowest BCUT2D eigenvalue weighted by molar-refractivity contribution is 0.0989. The van der Waals surface area contributed by atoms with E-state index in [1.807, 2.05) is 0 Å². The van der Waals surface area contributed by atoms with Gasteiger partial charge < -0.3 is 5.11 Å². The maximum absolute atomic E-state index is 10.5. The van der Waals surface area contributed by atoms with Crippen molar-refractivity contribution >= 4 is 21.8 Å². The monoisotopic (exact) mass is 214 g/mol. The van der Waals surface area contributed by atoms with Crippen LogP contribution in [-0.4, -0.2) is 11.0 Å². The highest BCUT2D eigenvalue weighted by atomic mass is 79.9. The van der Waals surface area contributed by atoms with Crippen molar-refractivity contribution in [2.24, 2.45) is 0 Å². The van der Waals surface area contributed by atoms with E-state index >= 15 is 0 Å². The third-order valence-electron chi connectivity index (χ3n) is 1.20. The molecule has 1 amide bonds. The number of amides is 1. The van der Waals surface area contributed by atoms with E-state index in [0.29, 0.717) is 4.47 Å². The van der Waals surface area contributed by atoms with E-state index in [1.54, 1.807) is 6.07 Å². The van der Waals surface area contributed by atoms with E-state index in [9.17, 15) is 4.79 Å². The van der Waals surface area contributed by atoms with Gasteiger partial charge in [0, 0.05) is 4.47 Å². The highest BCUT2D eigenvalue weighted by Gasteiger charge is 2.06. The van der Waals surface area contributed by atoms with E-state index < -0.39 is 5.91 Å². The Morgan fingerprint density at radius 3 is 2.64 bits per heavy atom. The number of benzene rings is 1. The molecule has 2 N–H and O–H groups in total. The number of halogens is 1. The molecule has 0 atom stereocenters. The second-order valence-corrected chi connectivity index (χ2v) is 2.91. The minimum atomic E-state index is -0.880. The second-order valence-electron chi connectivity index (χ2n) is 1.99. The molecule has 1 rings (SSSR count). The molecule has 0 aliphatic carbocycles. The number of carbonyl (C=O) groups excluding carboxylic acids is 1. The van der Waals surface area contributed by atoms with Crippen molar-refractivity contribution in [3.05, 3.63) is 28.2 Å². The van der Waals surface area contributed by atoms with Gasteiger partial charge in [-0.3, -0.25) is 10.5 Å². The van der Waals surface area contributed by atoms with E-state index in [0.717, 1.165) is 0 Å². The van der Waals surface area contributed by atoms with Gasteiger partial charge in [-0.15, -0.1) is 0 Å². The van der Waals surface area contributed by atoms with Crippen LogP contribution in [0.15, 0.2) is 22.7 Å². The molecule has 3 nitrogen and oxygen atoms in total. The summed E-state index contributed by atoms with van der Waals surface area (Å²) in [5.74, 6) is -1.05. The molecule has 4 heteroatoms. The first-order valence-electron chi connectivity index (χ1n) is 2.85. The van der Waals surface area contributed by atoms with Crippen LogP contribution >= 0.6 is 15.9 Å². The van der Waals surface area contributed by atoms with Gasteiger partial charge in [0.2, 0.25) is 0 Å². The minimum absolute atomic E-state index is 0.0215. The molecule has 11 heavy (non-hydrogen) atoms. The average molecular weight is 215 g/mol. The van der Waals surface area contributed by atoms with E-state index in [1.165, 1.54) is 12.1 Å². The molecule has 1 aromatic rings. The molecule has 0 bridgehead atoms. The fraction of sp³-hybridized carbons (Fsp3) is 0. The van der Waals surface area contributed by atoms with Gasteiger partial charge in [-0.1, -0.05) is 15.9 Å². The first-order valence-corrected chi connectivity index (χ1v) is 3.65. The molecule has 0 unspecified atom stereocenters. The van der Waals surface area contributed by atoms with Crippen LogP contribution in [-0.2, 0) is 0 Å². The van der Waals surface area contributed by atoms with Crippen molar-refractivity contribution in [3.63, 3.8) is 0 Å². The van der Waals surface area contributed by atoms with Gasteiger partial charge in [0.05, 0.1) is 5.56 Å². The van der Waals surface area contributed by atoms with Crippen molar-refractivity contribution in [1.29, 1.82) is 0 Å². The number of carbonyl (C=O) groups is 1. The number of phenolic OH excluding ortho intramolecular Hbond substituents is 1. The summed E-state index contributed by atoms with van der Waals surface area (Å²) >= 11 is 3.11. The smallest absolute Gasteiger partial charge is 0.273 e. The highest BCUT2D eigenvalue weighted by molar-refractivity contribution is 9.10. The van der Waals surface area contributed by atoms with Crippen LogP contribution in [0.25, 0.3) is 0 Å². The van der Waals surface area contributed by atoms with Gasteiger partial charge >= 0.3 is 0 Å². The van der Waals surface area contributed by atoms with Gasteiger partial charge in [-0.25, -0.2) is 0 Å². The first-order chi connectivity index (χ1) is 5.11. The van der Waals surface area contributed by atoms with Crippen molar-refractivity contribution in [3.8, 4) is 5.75 Å². The fourth-order valence-corrected chi connectivity index (χ4v) is 1.05. The number of rotatable bonds is 1. The van der Waals surface area contributed by atoms with Crippen LogP contribution in [0, 0.1) is 0 Å². The minimum Gasteiger partial charge on any atom is -0.507 e. The van der Waals surface area contributed by atoms with Crippen LogP contribution in [0.5, 0.6) is 5.75 Å². The molecule has 0 fully saturated rings. The van der Waals surface area contributed by atoms with E-state index in [2.05, 4.69) is 15.9 Å². The van der Waals surface area contributed by atoms with Crippen LogP contribution in [0.3, 0.4) is 0 Å². The maximum Gasteiger partial charge on any atom is 0.273 e. The third-order valence-corrected chi connectivity index (χ3v) is 1.70. The second kappa shape index (κ2) is 2.92. The SMILES string of the molecule is [NH]C(=O)c1ccc(Br)cc1O. The van der Waals surface area contributed by atoms with Crippen molar-refractivity contribution in [2.45, 2.75) is 0 Å². The highest BCUT2D eigenvalue weighted by Crippen LogP contribution is 2.21. The largest absolute Gasteiger partial charge is 0.507 e. The molecular weight excluding hydrogens is 210 g/mol. The molecule has 0 heterocycles. The summed E-state index contributed by atoms with van der Waals surface area (Å²) in [6.45, 7) is 0. The predicted molar refractivity (Wildman–Crippen MR) is 43.2 cm³/mol. The summed E-state index contributed by atoms with van der Waals surface area (Å²) in [4.78, 5) is 10.5. The summed E-state index contributed by atoms with van der Waals surface area (Å²) in [6.07, 6.45) is 0. The Kier molecular flexibility index (Phi) is 2.14. The van der Waals surface area contributed by atoms with Gasteiger partial charge in [0.1, 0.15) is 5.75 Å². The summed E-state index contributed by atoms with van der Waals surface area (Å²) in [5, 5.41) is 9.09. The molecule has 0 aliphatic rings. The van der Waals surface area contributed by atoms with E-state index in [4.69, 9.17) is 10.8 Å². The topological polar surface area (TPSA) is 61.1 Å². The van der Waals surface area contributed by atoms with Gasteiger partial charge in [-0.2, -0.15) is 0 Å². The Hall–Kier alpha value is -1.03. The maximum atomic E-state index is 10.5. The number of phenols is 1. The van der Waals surface area contributed by atoms with Crippen molar-refractivity contribution in [1.82, 2.24) is 5.73 Å². The lowest BCUT2D eigenvalue weighted by atomic mass is 10.2. The fourth-order valence-electron chi connectivity index (χ4n) is 0.697. The van der Waals surface area contributed by atoms with Crippen LogP contribution < -0.4 is 5.73 Å². The van der Waals surface area contributed by atoms with Crippen LogP contribution in [0.2, 0.25) is 0 Å². The van der Waals surface area contributed by atoms with Crippen molar-refractivity contribution < 1.29 is 9.90 Å². The first kappa shape index (κ1) is 8.07. The van der Waals surface area contributed by atoms with E-state index in [-0.39, 0.29) is 11.3 Å². The zero-order valence-electron chi connectivity index (χ0n) is 5.47. The molecule has 57 valence electrons. The number of aromatic hydroxyl groups is 1. The average Bonchev–Trinajstić information content (AvgIpc) is 1.85.